The van der Waals surface area contributed by atoms with Gasteiger partial charge in [0.05, 0.1) is 6.04 Å². The molecule has 0 aliphatic carbocycles. The van der Waals surface area contributed by atoms with Crippen molar-refractivity contribution >= 4 is 11.6 Å². The molecule has 0 spiro atoms. The molecule has 0 radical (unpaired) electrons. The van der Waals surface area contributed by atoms with Gasteiger partial charge in [0.15, 0.2) is 0 Å². The Kier molecular flexibility index (Phi) is 6.10. The number of alkyl halides is 3. The predicted octanol–water partition coefficient (Wildman–Crippen LogP) is 4.10. The molecule has 1 atom stereocenters. The minimum Gasteiger partial charge on any atom is -0.406 e. The van der Waals surface area contributed by atoms with Crippen molar-refractivity contribution in [2.45, 2.75) is 51.9 Å². The van der Waals surface area contributed by atoms with Crippen LogP contribution in [0.2, 0.25) is 0 Å². The van der Waals surface area contributed by atoms with E-state index in [9.17, 15) is 18.0 Å². The van der Waals surface area contributed by atoms with Gasteiger partial charge in [0.1, 0.15) is 5.75 Å². The van der Waals surface area contributed by atoms with E-state index in [4.69, 9.17) is 0 Å². The van der Waals surface area contributed by atoms with Gasteiger partial charge in [-0.2, -0.15) is 0 Å². The number of hydrogen-bond donors (Lipinski definition) is 1. The van der Waals surface area contributed by atoms with E-state index < -0.39 is 6.36 Å². The summed E-state index contributed by atoms with van der Waals surface area (Å²) in [5.74, 6) is -0.390. The van der Waals surface area contributed by atoms with Crippen molar-refractivity contribution in [2.24, 2.45) is 0 Å². The zero-order valence-electron chi connectivity index (χ0n) is 13.9. The van der Waals surface area contributed by atoms with Gasteiger partial charge in [-0.3, -0.25) is 9.69 Å². The van der Waals surface area contributed by atoms with Gasteiger partial charge < -0.3 is 10.1 Å². The van der Waals surface area contributed by atoms with Crippen LogP contribution in [0.25, 0.3) is 0 Å². The van der Waals surface area contributed by atoms with Crippen LogP contribution in [0, 0.1) is 6.92 Å². The molecule has 7 heteroatoms. The Bertz CT molecular complexity index is 573. The number of nitrogens with zero attached hydrogens (tertiary/aromatic N) is 1. The molecule has 1 amide bonds. The third-order valence-corrected chi connectivity index (χ3v) is 4.12. The van der Waals surface area contributed by atoms with E-state index in [0.29, 0.717) is 11.3 Å². The smallest absolute Gasteiger partial charge is 0.406 e. The summed E-state index contributed by atoms with van der Waals surface area (Å²) in [7, 11) is 0. The summed E-state index contributed by atoms with van der Waals surface area (Å²) in [6.45, 7) is 5.50. The first-order valence-electron chi connectivity index (χ1n) is 8.21. The average molecular weight is 344 g/mol. The van der Waals surface area contributed by atoms with Crippen LogP contribution in [0.1, 0.15) is 38.2 Å². The van der Waals surface area contributed by atoms with E-state index in [0.717, 1.165) is 38.8 Å². The summed E-state index contributed by atoms with van der Waals surface area (Å²) >= 11 is 0. The lowest BCUT2D eigenvalue weighted by molar-refractivity contribution is -0.274. The Morgan fingerprint density at radius 3 is 2.75 bits per heavy atom. The molecule has 1 aliphatic heterocycles. The minimum absolute atomic E-state index is 0.101. The van der Waals surface area contributed by atoms with Crippen molar-refractivity contribution in [3.8, 4) is 5.75 Å². The highest BCUT2D eigenvalue weighted by Crippen LogP contribution is 2.27. The fourth-order valence-corrected chi connectivity index (χ4v) is 3.03. The number of halogens is 3. The highest BCUT2D eigenvalue weighted by molar-refractivity contribution is 5.95. The summed E-state index contributed by atoms with van der Waals surface area (Å²) in [6.07, 6.45) is -0.839. The second-order valence-electron chi connectivity index (χ2n) is 6.06. The number of piperidine rings is 1. The van der Waals surface area contributed by atoms with Crippen molar-refractivity contribution in [2.75, 3.05) is 18.4 Å². The molecule has 1 aromatic carbocycles. The van der Waals surface area contributed by atoms with E-state index in [1.54, 1.807) is 6.92 Å². The van der Waals surface area contributed by atoms with Crippen LogP contribution >= 0.6 is 0 Å². The molecule has 24 heavy (non-hydrogen) atoms. The molecule has 1 fully saturated rings. The van der Waals surface area contributed by atoms with Crippen molar-refractivity contribution < 1.29 is 22.7 Å². The molecule has 2 rings (SSSR count). The Labute approximate surface area is 140 Å². The number of rotatable bonds is 5. The fourth-order valence-electron chi connectivity index (χ4n) is 3.03. The third-order valence-electron chi connectivity index (χ3n) is 4.12. The van der Waals surface area contributed by atoms with Crippen LogP contribution < -0.4 is 10.1 Å². The maximum Gasteiger partial charge on any atom is 0.573 e. The van der Waals surface area contributed by atoms with Crippen LogP contribution in [-0.2, 0) is 4.79 Å². The summed E-state index contributed by atoms with van der Waals surface area (Å²) in [6, 6.07) is 3.75. The average Bonchev–Trinajstić information content (AvgIpc) is 2.49. The van der Waals surface area contributed by atoms with Crippen molar-refractivity contribution in [1.29, 1.82) is 0 Å². The minimum atomic E-state index is -4.72. The number of benzene rings is 1. The van der Waals surface area contributed by atoms with Crippen LogP contribution in [0.3, 0.4) is 0 Å². The van der Waals surface area contributed by atoms with Crippen LogP contribution in [-0.4, -0.2) is 36.3 Å². The molecule has 1 heterocycles. The number of carbonyl (C=O) groups is 1. The van der Waals surface area contributed by atoms with Gasteiger partial charge in [0.2, 0.25) is 5.91 Å². The summed E-state index contributed by atoms with van der Waals surface area (Å²) in [5, 5.41) is 2.84. The molecule has 0 unspecified atom stereocenters. The SMILES string of the molecule is CCCN1CCCC[C@H]1C(=O)Nc1ccc(OC(F)(F)F)cc1C. The van der Waals surface area contributed by atoms with Gasteiger partial charge in [0, 0.05) is 5.69 Å². The number of carbonyl (C=O) groups excluding carboxylic acids is 1. The lowest BCUT2D eigenvalue weighted by Crippen LogP contribution is -2.47. The molecule has 0 aromatic heterocycles. The molecule has 134 valence electrons. The largest absolute Gasteiger partial charge is 0.573 e. The topological polar surface area (TPSA) is 41.6 Å². The Morgan fingerprint density at radius 1 is 1.38 bits per heavy atom. The van der Waals surface area contributed by atoms with E-state index in [2.05, 4.69) is 21.9 Å². The third kappa shape index (κ3) is 5.12. The van der Waals surface area contributed by atoms with E-state index in [1.807, 2.05) is 0 Å². The number of ether oxygens (including phenoxy) is 1. The molecule has 1 aliphatic rings. The first kappa shape index (κ1) is 18.6. The molecule has 0 saturated carbocycles. The lowest BCUT2D eigenvalue weighted by Gasteiger charge is -2.34. The maximum atomic E-state index is 12.6. The van der Waals surface area contributed by atoms with Crippen LogP contribution in [0.15, 0.2) is 18.2 Å². The summed E-state index contributed by atoms with van der Waals surface area (Å²) in [5.41, 5.74) is 1.04. The summed E-state index contributed by atoms with van der Waals surface area (Å²) in [4.78, 5) is 14.7. The quantitative estimate of drug-likeness (QED) is 0.874. The number of likely N-dealkylation sites (tertiary alicyclic amines) is 1. The first-order chi connectivity index (χ1) is 11.3. The van der Waals surface area contributed by atoms with E-state index in [1.165, 1.54) is 18.2 Å². The number of aryl methyl sites for hydroxylation is 1. The summed E-state index contributed by atoms with van der Waals surface area (Å²) < 4.78 is 40.6. The van der Waals surface area contributed by atoms with Crippen molar-refractivity contribution in [1.82, 2.24) is 4.90 Å². The fraction of sp³-hybridized carbons (Fsp3) is 0.588. The monoisotopic (exact) mass is 344 g/mol. The number of hydrogen-bond acceptors (Lipinski definition) is 3. The number of anilines is 1. The number of nitrogens with one attached hydrogen (secondary N) is 1. The molecule has 1 aromatic rings. The Hall–Kier alpha value is -1.76. The Morgan fingerprint density at radius 2 is 2.12 bits per heavy atom. The first-order valence-corrected chi connectivity index (χ1v) is 8.21. The highest BCUT2D eigenvalue weighted by atomic mass is 19.4. The van der Waals surface area contributed by atoms with Gasteiger partial charge in [-0.15, -0.1) is 13.2 Å². The Balaban J connectivity index is 2.05. The molecule has 1 N–H and O–H groups in total. The van der Waals surface area contributed by atoms with E-state index >= 15 is 0 Å². The molecular formula is C17H23F3N2O2. The normalized spacial score (nSPS) is 19.1. The maximum absolute atomic E-state index is 12.6. The molecule has 4 nitrogen and oxygen atoms in total. The van der Waals surface area contributed by atoms with Gasteiger partial charge in [-0.25, -0.2) is 0 Å². The van der Waals surface area contributed by atoms with E-state index in [-0.39, 0.29) is 17.7 Å². The standard InChI is InChI=1S/C17H23F3N2O2/c1-3-9-22-10-5-4-6-15(22)16(23)21-14-8-7-13(11-12(14)2)24-17(18,19)20/h7-8,11,15H,3-6,9-10H2,1-2H3,(H,21,23)/t15-/m0/s1. The molecule has 0 bridgehead atoms. The second-order valence-corrected chi connectivity index (χ2v) is 6.06. The van der Waals surface area contributed by atoms with Gasteiger partial charge in [-0.05, 0) is 63.0 Å². The zero-order chi connectivity index (χ0) is 17.7. The predicted molar refractivity (Wildman–Crippen MR) is 86.0 cm³/mol. The molecule has 1 saturated heterocycles. The number of amides is 1. The molecular weight excluding hydrogens is 321 g/mol. The highest BCUT2D eigenvalue weighted by Gasteiger charge is 2.31. The van der Waals surface area contributed by atoms with Crippen molar-refractivity contribution in [3.63, 3.8) is 0 Å². The second kappa shape index (κ2) is 7.88. The lowest BCUT2D eigenvalue weighted by atomic mass is 10.0. The van der Waals surface area contributed by atoms with Gasteiger partial charge >= 0.3 is 6.36 Å². The van der Waals surface area contributed by atoms with Crippen molar-refractivity contribution in [3.05, 3.63) is 23.8 Å². The van der Waals surface area contributed by atoms with Gasteiger partial charge in [-0.1, -0.05) is 13.3 Å². The van der Waals surface area contributed by atoms with Gasteiger partial charge in [0.25, 0.3) is 0 Å². The zero-order valence-corrected chi connectivity index (χ0v) is 13.9. The van der Waals surface area contributed by atoms with Crippen LogP contribution in [0.4, 0.5) is 18.9 Å². The van der Waals surface area contributed by atoms with Crippen LogP contribution in [0.5, 0.6) is 5.75 Å².